The van der Waals surface area contributed by atoms with E-state index in [2.05, 4.69) is 10.0 Å². The van der Waals surface area contributed by atoms with Crippen LogP contribution in [0.4, 0.5) is 0 Å². The molecule has 0 aromatic heterocycles. The van der Waals surface area contributed by atoms with E-state index >= 15 is 0 Å². The largest absolute Gasteiger partial charge is 0.315 e. The molecule has 0 bridgehead atoms. The first-order valence-electron chi connectivity index (χ1n) is 7.21. The Kier molecular flexibility index (Phi) is 4.83. The van der Waals surface area contributed by atoms with Gasteiger partial charge in [-0.15, -0.1) is 0 Å². The van der Waals surface area contributed by atoms with Crippen molar-refractivity contribution in [2.45, 2.75) is 51.0 Å². The van der Waals surface area contributed by atoms with Gasteiger partial charge in [0.2, 0.25) is 10.0 Å². The summed E-state index contributed by atoms with van der Waals surface area (Å²) in [6, 6.07) is 3.84. The van der Waals surface area contributed by atoms with Gasteiger partial charge in [-0.05, 0) is 51.3 Å². The van der Waals surface area contributed by atoms with Crippen molar-refractivity contribution < 1.29 is 8.42 Å². The van der Waals surface area contributed by atoms with E-state index in [1.165, 1.54) is 0 Å². The molecule has 1 fully saturated rings. The second kappa shape index (κ2) is 6.24. The van der Waals surface area contributed by atoms with Crippen LogP contribution in [0.15, 0.2) is 17.0 Å². The van der Waals surface area contributed by atoms with E-state index in [4.69, 9.17) is 0 Å². The lowest BCUT2D eigenvalue weighted by atomic mass is 10.1. The molecule has 0 amide bonds. The third-order valence-corrected chi connectivity index (χ3v) is 5.57. The molecule has 1 unspecified atom stereocenters. The Morgan fingerprint density at radius 2 is 1.80 bits per heavy atom. The maximum atomic E-state index is 12.6. The Bertz CT molecular complexity index is 551. The summed E-state index contributed by atoms with van der Waals surface area (Å²) in [5.74, 6) is 0. The fraction of sp³-hybridized carbons (Fsp3) is 0.600. The fourth-order valence-corrected chi connectivity index (χ4v) is 4.71. The highest BCUT2D eigenvalue weighted by atomic mass is 32.2. The Labute approximate surface area is 122 Å². The molecule has 1 aromatic carbocycles. The molecule has 2 N–H and O–H groups in total. The molecule has 4 nitrogen and oxygen atoms in total. The van der Waals surface area contributed by atoms with Gasteiger partial charge < -0.3 is 5.32 Å². The zero-order chi connectivity index (χ0) is 14.8. The van der Waals surface area contributed by atoms with Crippen molar-refractivity contribution in [2.75, 3.05) is 13.1 Å². The second-order valence-corrected chi connectivity index (χ2v) is 7.40. The minimum Gasteiger partial charge on any atom is -0.315 e. The van der Waals surface area contributed by atoms with Crippen molar-refractivity contribution in [3.63, 3.8) is 0 Å². The molecule has 2 rings (SSSR count). The summed E-state index contributed by atoms with van der Waals surface area (Å²) >= 11 is 0. The molecule has 5 heteroatoms. The smallest absolute Gasteiger partial charge is 0.241 e. The molecule has 20 heavy (non-hydrogen) atoms. The Morgan fingerprint density at radius 1 is 1.15 bits per heavy atom. The quantitative estimate of drug-likeness (QED) is 0.897. The summed E-state index contributed by atoms with van der Waals surface area (Å²) in [5, 5.41) is 3.28. The molecule has 112 valence electrons. The summed E-state index contributed by atoms with van der Waals surface area (Å²) in [6.07, 6.45) is 3.07. The summed E-state index contributed by atoms with van der Waals surface area (Å²) in [4.78, 5) is 0.437. The summed E-state index contributed by atoms with van der Waals surface area (Å²) in [5.41, 5.74) is 2.73. The average Bonchev–Trinajstić information content (AvgIpc) is 2.54. The van der Waals surface area contributed by atoms with Crippen molar-refractivity contribution in [3.8, 4) is 0 Å². The number of benzene rings is 1. The number of sulfonamides is 1. The van der Waals surface area contributed by atoms with Gasteiger partial charge in [0.15, 0.2) is 0 Å². The first kappa shape index (κ1) is 15.5. The maximum absolute atomic E-state index is 12.6. The van der Waals surface area contributed by atoms with Crippen molar-refractivity contribution >= 4 is 10.0 Å². The van der Waals surface area contributed by atoms with Crippen LogP contribution in [-0.2, 0) is 10.0 Å². The normalized spacial score (nSPS) is 20.6. The van der Waals surface area contributed by atoms with Gasteiger partial charge in [0.1, 0.15) is 0 Å². The lowest BCUT2D eigenvalue weighted by Crippen LogP contribution is -2.41. The van der Waals surface area contributed by atoms with Gasteiger partial charge in [-0.25, -0.2) is 13.1 Å². The Hall–Kier alpha value is -0.910. The molecule has 0 spiro atoms. The van der Waals surface area contributed by atoms with E-state index in [9.17, 15) is 8.42 Å². The highest BCUT2D eigenvalue weighted by Gasteiger charge is 2.24. The third kappa shape index (κ3) is 3.59. The van der Waals surface area contributed by atoms with E-state index in [0.29, 0.717) is 11.4 Å². The van der Waals surface area contributed by atoms with Crippen molar-refractivity contribution in [2.24, 2.45) is 0 Å². The average molecular weight is 296 g/mol. The van der Waals surface area contributed by atoms with Gasteiger partial charge in [0, 0.05) is 12.6 Å². The molecule has 1 saturated heterocycles. The molecule has 0 radical (unpaired) electrons. The van der Waals surface area contributed by atoms with E-state index in [1.807, 2.05) is 32.9 Å². The number of aryl methyl sites for hydroxylation is 3. The zero-order valence-corrected chi connectivity index (χ0v) is 13.3. The van der Waals surface area contributed by atoms with Crippen LogP contribution in [0.2, 0.25) is 0 Å². The molecule has 1 aliphatic rings. The molecule has 1 aliphatic heterocycles. The van der Waals surface area contributed by atoms with Crippen LogP contribution < -0.4 is 10.0 Å². The van der Waals surface area contributed by atoms with Gasteiger partial charge in [0.25, 0.3) is 0 Å². The lowest BCUT2D eigenvalue weighted by molar-refractivity contribution is 0.520. The van der Waals surface area contributed by atoms with Crippen LogP contribution in [0.3, 0.4) is 0 Å². The summed E-state index contributed by atoms with van der Waals surface area (Å²) in [7, 11) is -3.44. The van der Waals surface area contributed by atoms with E-state index in [0.717, 1.165) is 42.5 Å². The van der Waals surface area contributed by atoms with Gasteiger partial charge in [-0.1, -0.05) is 24.1 Å². The molecule has 0 saturated carbocycles. The highest BCUT2D eigenvalue weighted by Crippen LogP contribution is 2.22. The summed E-state index contributed by atoms with van der Waals surface area (Å²) < 4.78 is 28.1. The van der Waals surface area contributed by atoms with Crippen molar-refractivity contribution in [1.82, 2.24) is 10.0 Å². The van der Waals surface area contributed by atoms with E-state index in [1.54, 1.807) is 0 Å². The molecular formula is C15H24N2O2S. The summed E-state index contributed by atoms with van der Waals surface area (Å²) in [6.45, 7) is 7.39. The Balaban J connectivity index is 2.26. The van der Waals surface area contributed by atoms with E-state index < -0.39 is 10.0 Å². The predicted octanol–water partition coefficient (Wildman–Crippen LogP) is 2.03. The lowest BCUT2D eigenvalue weighted by Gasteiger charge is -2.19. The minimum absolute atomic E-state index is 0.0115. The SMILES string of the molecule is Cc1cc(C)c(S(=O)(=O)NC2CCCCNC2)c(C)c1. The van der Waals surface area contributed by atoms with Gasteiger partial charge in [0.05, 0.1) is 4.90 Å². The first-order chi connectivity index (χ1) is 9.40. The molecule has 0 aliphatic carbocycles. The van der Waals surface area contributed by atoms with E-state index in [-0.39, 0.29) is 6.04 Å². The monoisotopic (exact) mass is 296 g/mol. The topological polar surface area (TPSA) is 58.2 Å². The highest BCUT2D eigenvalue weighted by molar-refractivity contribution is 7.89. The van der Waals surface area contributed by atoms with Crippen LogP contribution in [-0.4, -0.2) is 27.5 Å². The molecule has 1 atom stereocenters. The zero-order valence-electron chi connectivity index (χ0n) is 12.5. The third-order valence-electron chi connectivity index (χ3n) is 3.74. The number of nitrogens with one attached hydrogen (secondary N) is 2. The van der Waals surface area contributed by atoms with Crippen molar-refractivity contribution in [3.05, 3.63) is 28.8 Å². The predicted molar refractivity (Wildman–Crippen MR) is 81.5 cm³/mol. The first-order valence-corrected chi connectivity index (χ1v) is 8.69. The molecule has 1 aromatic rings. The van der Waals surface area contributed by atoms with Gasteiger partial charge >= 0.3 is 0 Å². The number of hydrogen-bond acceptors (Lipinski definition) is 3. The van der Waals surface area contributed by atoms with Crippen LogP contribution in [0.1, 0.15) is 36.0 Å². The molecular weight excluding hydrogens is 272 g/mol. The van der Waals surface area contributed by atoms with Gasteiger partial charge in [-0.2, -0.15) is 0 Å². The van der Waals surface area contributed by atoms with Gasteiger partial charge in [-0.3, -0.25) is 0 Å². The van der Waals surface area contributed by atoms with Crippen LogP contribution in [0.25, 0.3) is 0 Å². The van der Waals surface area contributed by atoms with Crippen LogP contribution in [0, 0.1) is 20.8 Å². The second-order valence-electron chi connectivity index (χ2n) is 5.75. The fourth-order valence-electron chi connectivity index (χ4n) is 2.99. The van der Waals surface area contributed by atoms with Crippen molar-refractivity contribution in [1.29, 1.82) is 0 Å². The van der Waals surface area contributed by atoms with Crippen LogP contribution >= 0.6 is 0 Å². The molecule has 1 heterocycles. The standard InChI is InChI=1S/C15H24N2O2S/c1-11-8-12(2)15(13(3)9-11)20(18,19)17-14-6-4-5-7-16-10-14/h8-9,14,16-17H,4-7,10H2,1-3H3. The van der Waals surface area contributed by atoms with Crippen LogP contribution in [0.5, 0.6) is 0 Å². The Morgan fingerprint density at radius 3 is 2.45 bits per heavy atom. The maximum Gasteiger partial charge on any atom is 0.241 e. The minimum atomic E-state index is -3.44. The number of hydrogen-bond donors (Lipinski definition) is 2. The number of rotatable bonds is 3.